The predicted molar refractivity (Wildman–Crippen MR) is 160 cm³/mol. The summed E-state index contributed by atoms with van der Waals surface area (Å²) in [4.78, 5) is 39.7. The lowest BCUT2D eigenvalue weighted by Crippen LogP contribution is -2.47. The van der Waals surface area contributed by atoms with Gasteiger partial charge in [0.15, 0.2) is 0 Å². The first-order valence-electron chi connectivity index (χ1n) is 12.6. The van der Waals surface area contributed by atoms with Gasteiger partial charge in [0.1, 0.15) is 39.5 Å². The maximum Gasteiger partial charge on any atom is 0.329 e. The van der Waals surface area contributed by atoms with Gasteiger partial charge in [-0.1, -0.05) is 23.2 Å². The van der Waals surface area contributed by atoms with Crippen LogP contribution in [0.25, 0.3) is 0 Å². The molecule has 1 aliphatic rings. The van der Waals surface area contributed by atoms with E-state index in [-0.39, 0.29) is 22.3 Å². The Morgan fingerprint density at radius 3 is 2.12 bits per heavy atom. The molecule has 0 spiro atoms. The van der Waals surface area contributed by atoms with Crippen LogP contribution in [0.1, 0.15) is 0 Å². The molecule has 0 saturated carbocycles. The zero-order chi connectivity index (χ0) is 29.7. The highest BCUT2D eigenvalue weighted by atomic mass is 35.5. The topological polar surface area (TPSA) is 124 Å². The van der Waals surface area contributed by atoms with Gasteiger partial charge in [-0.3, -0.25) is 19.5 Å². The number of anilines is 5. The van der Waals surface area contributed by atoms with Crippen molar-refractivity contribution >= 4 is 63.9 Å². The number of rotatable bonds is 9. The average Bonchev–Trinajstić information content (AvgIpc) is 2.97. The smallest absolute Gasteiger partial charge is 0.329 e. The number of piperazine rings is 1. The number of nitrogens with one attached hydrogen (secondary N) is 1. The van der Waals surface area contributed by atoms with E-state index < -0.39 is 12.0 Å². The molecule has 2 amide bonds. The Hall–Kier alpha value is -4.00. The summed E-state index contributed by atoms with van der Waals surface area (Å²) in [5, 5.41) is 12.6. The lowest BCUT2D eigenvalue weighted by Gasteiger charge is -2.35. The number of nitrogens with zero attached hydrogens (tertiary/aromatic N) is 6. The fraction of sp³-hybridized carbons (Fsp3) is 0.333. The minimum absolute atomic E-state index is 0.0614. The summed E-state index contributed by atoms with van der Waals surface area (Å²) >= 11 is 13.0. The summed E-state index contributed by atoms with van der Waals surface area (Å²) in [5.41, 5.74) is 2.09. The van der Waals surface area contributed by atoms with Gasteiger partial charge >= 0.3 is 12.0 Å². The molecule has 1 fully saturated rings. The van der Waals surface area contributed by atoms with Gasteiger partial charge in [0.2, 0.25) is 0 Å². The van der Waals surface area contributed by atoms with E-state index in [4.69, 9.17) is 37.8 Å². The number of carboxylic acids is 1. The summed E-state index contributed by atoms with van der Waals surface area (Å²) in [7, 11) is 6.04. The number of benzene rings is 2. The Morgan fingerprint density at radius 1 is 0.951 bits per heavy atom. The van der Waals surface area contributed by atoms with Crippen molar-refractivity contribution in [1.29, 1.82) is 0 Å². The van der Waals surface area contributed by atoms with Gasteiger partial charge in [0.25, 0.3) is 0 Å². The fourth-order valence-corrected chi connectivity index (χ4v) is 5.20. The molecule has 3 aromatic rings. The first-order valence-corrected chi connectivity index (χ1v) is 13.4. The number of carbonyl (C=O) groups is 2. The molecule has 1 aliphatic heterocycles. The van der Waals surface area contributed by atoms with Crippen LogP contribution in [0, 0.1) is 0 Å². The highest BCUT2D eigenvalue weighted by Crippen LogP contribution is 2.46. The number of aliphatic carboxylic acids is 1. The van der Waals surface area contributed by atoms with Crippen molar-refractivity contribution < 1.29 is 24.2 Å². The number of amides is 2. The van der Waals surface area contributed by atoms with Crippen LogP contribution in [-0.2, 0) is 4.79 Å². The zero-order valence-electron chi connectivity index (χ0n) is 23.1. The molecule has 0 unspecified atom stereocenters. The normalized spacial score (nSPS) is 13.5. The van der Waals surface area contributed by atoms with Crippen molar-refractivity contribution in [3.8, 4) is 11.5 Å². The Labute approximate surface area is 248 Å². The van der Waals surface area contributed by atoms with Crippen LogP contribution < -0.4 is 29.5 Å². The molecule has 14 heteroatoms. The van der Waals surface area contributed by atoms with E-state index in [2.05, 4.69) is 20.2 Å². The number of ether oxygens (including phenoxy) is 2. The third kappa shape index (κ3) is 6.84. The maximum absolute atomic E-state index is 13.4. The first kappa shape index (κ1) is 30.0. The molecule has 0 atom stereocenters. The Kier molecular flexibility index (Phi) is 9.58. The lowest BCUT2D eigenvalue weighted by molar-refractivity contribution is -0.138. The fourth-order valence-electron chi connectivity index (χ4n) is 4.44. The molecule has 1 saturated heterocycles. The summed E-state index contributed by atoms with van der Waals surface area (Å²) in [6.45, 7) is 2.96. The van der Waals surface area contributed by atoms with Crippen molar-refractivity contribution in [3.63, 3.8) is 0 Å². The van der Waals surface area contributed by atoms with E-state index >= 15 is 0 Å². The largest absolute Gasteiger partial charge is 0.495 e. The van der Waals surface area contributed by atoms with Crippen LogP contribution in [-0.4, -0.2) is 93.0 Å². The van der Waals surface area contributed by atoms with Crippen molar-refractivity contribution in [3.05, 3.63) is 52.8 Å². The Balaban J connectivity index is 1.44. The predicted octanol–water partition coefficient (Wildman–Crippen LogP) is 4.44. The minimum Gasteiger partial charge on any atom is -0.495 e. The van der Waals surface area contributed by atoms with Gasteiger partial charge in [-0.2, -0.15) is 0 Å². The Bertz CT molecular complexity index is 1370. The third-order valence-corrected chi connectivity index (χ3v) is 7.42. The number of methoxy groups -OCH3 is 2. The van der Waals surface area contributed by atoms with E-state index in [9.17, 15) is 9.59 Å². The van der Waals surface area contributed by atoms with Crippen molar-refractivity contribution in [2.45, 2.75) is 0 Å². The third-order valence-electron chi connectivity index (χ3n) is 6.69. The standard InChI is InChI=1S/C27H31Cl2N7O5/c1-33(27(39)34(2)26-24(28)19(40-3)13-20(41-4)25(26)29)22-14-21(30-16-31-22)32-17-5-7-18(8-6-17)36-11-9-35(10-12-36)15-23(37)38/h5-8,13-14,16H,9-12,15H2,1-4H3,(H,37,38)(H,30,31,32). The second-order valence-electron chi connectivity index (χ2n) is 9.25. The molecule has 41 heavy (non-hydrogen) atoms. The lowest BCUT2D eigenvalue weighted by atomic mass is 10.2. The second-order valence-corrected chi connectivity index (χ2v) is 10.0. The van der Waals surface area contributed by atoms with Gasteiger partial charge in [-0.15, -0.1) is 0 Å². The van der Waals surface area contributed by atoms with Gasteiger partial charge in [0.05, 0.1) is 26.5 Å². The van der Waals surface area contributed by atoms with Crippen LogP contribution >= 0.6 is 23.2 Å². The number of halogens is 2. The number of hydrogen-bond acceptors (Lipinski definition) is 9. The molecule has 2 N–H and O–H groups in total. The van der Waals surface area contributed by atoms with Gasteiger partial charge in [0, 0.05) is 63.8 Å². The molecule has 2 heterocycles. The highest BCUT2D eigenvalue weighted by Gasteiger charge is 2.27. The maximum atomic E-state index is 13.4. The van der Waals surface area contributed by atoms with Crippen molar-refractivity contribution in [1.82, 2.24) is 14.9 Å². The molecule has 12 nitrogen and oxygen atoms in total. The molecule has 2 aromatic carbocycles. The molecular weight excluding hydrogens is 573 g/mol. The summed E-state index contributed by atoms with van der Waals surface area (Å²) in [5.74, 6) is 0.648. The van der Waals surface area contributed by atoms with Crippen molar-refractivity contribution in [2.24, 2.45) is 0 Å². The minimum atomic E-state index is -0.810. The molecule has 218 valence electrons. The molecule has 0 radical (unpaired) electrons. The van der Waals surface area contributed by atoms with Crippen LogP contribution in [0.15, 0.2) is 42.7 Å². The van der Waals surface area contributed by atoms with Gasteiger partial charge in [-0.05, 0) is 24.3 Å². The number of hydrogen-bond donors (Lipinski definition) is 2. The molecule has 1 aromatic heterocycles. The molecular formula is C27H31Cl2N7O5. The van der Waals surface area contributed by atoms with E-state index in [1.54, 1.807) is 26.2 Å². The zero-order valence-corrected chi connectivity index (χ0v) is 24.6. The van der Waals surface area contributed by atoms with Crippen LogP contribution in [0.2, 0.25) is 10.0 Å². The van der Waals surface area contributed by atoms with E-state index in [0.29, 0.717) is 36.2 Å². The average molecular weight is 604 g/mol. The first-order chi connectivity index (χ1) is 19.6. The number of urea groups is 1. The summed E-state index contributed by atoms with van der Waals surface area (Å²) in [6, 6.07) is 10.6. The number of carboxylic acid groups (broad SMARTS) is 1. The van der Waals surface area contributed by atoms with E-state index in [0.717, 1.165) is 24.5 Å². The van der Waals surface area contributed by atoms with Gasteiger partial charge < -0.3 is 24.8 Å². The van der Waals surface area contributed by atoms with Crippen molar-refractivity contribution in [2.75, 3.05) is 81.1 Å². The van der Waals surface area contributed by atoms with E-state index in [1.807, 2.05) is 29.2 Å². The molecule has 0 bridgehead atoms. The number of aromatic nitrogens is 2. The molecule has 0 aliphatic carbocycles. The highest BCUT2D eigenvalue weighted by molar-refractivity contribution is 6.42. The molecule has 4 rings (SSSR count). The van der Waals surface area contributed by atoms with Crippen LogP contribution in [0.4, 0.5) is 33.5 Å². The summed E-state index contributed by atoms with van der Waals surface area (Å²) in [6.07, 6.45) is 1.36. The Morgan fingerprint density at radius 2 is 1.56 bits per heavy atom. The SMILES string of the molecule is COc1cc(OC)c(Cl)c(N(C)C(=O)N(C)c2cc(Nc3ccc(N4CCN(CC(=O)O)CC4)cc3)ncn2)c1Cl. The van der Waals surface area contributed by atoms with Gasteiger partial charge in [-0.25, -0.2) is 14.8 Å². The van der Waals surface area contributed by atoms with Crippen LogP contribution in [0.5, 0.6) is 11.5 Å². The monoisotopic (exact) mass is 603 g/mol. The number of carbonyl (C=O) groups excluding carboxylic acids is 1. The van der Waals surface area contributed by atoms with E-state index in [1.165, 1.54) is 30.3 Å². The second kappa shape index (κ2) is 13.1. The quantitative estimate of drug-likeness (QED) is 0.362. The van der Waals surface area contributed by atoms with Crippen LogP contribution in [0.3, 0.4) is 0 Å². The summed E-state index contributed by atoms with van der Waals surface area (Å²) < 4.78 is 10.6.